The molecular formula is C15H16O4. The van der Waals surface area contributed by atoms with Crippen molar-refractivity contribution in [2.45, 2.75) is 38.7 Å². The van der Waals surface area contributed by atoms with Gasteiger partial charge in [0.05, 0.1) is 6.10 Å². The number of fused-ring (bicyclic) bond motifs is 1. The second-order valence-electron chi connectivity index (χ2n) is 5.02. The molecule has 0 spiro atoms. The van der Waals surface area contributed by atoms with Gasteiger partial charge in [0, 0.05) is 5.39 Å². The van der Waals surface area contributed by atoms with Crippen molar-refractivity contribution in [2.24, 2.45) is 0 Å². The van der Waals surface area contributed by atoms with Gasteiger partial charge in [-0.1, -0.05) is 0 Å². The predicted molar refractivity (Wildman–Crippen MR) is 70.8 cm³/mol. The van der Waals surface area contributed by atoms with Gasteiger partial charge >= 0.3 is 5.97 Å². The Morgan fingerprint density at radius 1 is 1.37 bits per heavy atom. The topological polar surface area (TPSA) is 59.7 Å². The maximum absolute atomic E-state index is 11.3. The number of carboxylic acids is 1. The molecule has 1 aliphatic rings. The van der Waals surface area contributed by atoms with Gasteiger partial charge in [0.2, 0.25) is 0 Å². The summed E-state index contributed by atoms with van der Waals surface area (Å²) < 4.78 is 11.3. The lowest BCUT2D eigenvalue weighted by molar-refractivity contribution is 0.0697. The zero-order valence-corrected chi connectivity index (χ0v) is 10.8. The van der Waals surface area contributed by atoms with Crippen LogP contribution in [0.25, 0.3) is 11.0 Å². The molecule has 0 amide bonds. The van der Waals surface area contributed by atoms with Crippen molar-refractivity contribution >= 4 is 16.9 Å². The fraction of sp³-hybridized carbons (Fsp3) is 0.400. The molecule has 2 aromatic rings. The predicted octanol–water partition coefficient (Wildman–Crippen LogP) is 3.76. The number of benzene rings is 1. The minimum absolute atomic E-state index is 0.229. The molecule has 1 N–H and O–H groups in total. The first-order chi connectivity index (χ1) is 9.15. The number of aryl methyl sites for hydroxylation is 1. The van der Waals surface area contributed by atoms with Gasteiger partial charge in [-0.3, -0.25) is 0 Å². The van der Waals surface area contributed by atoms with Gasteiger partial charge in [0.15, 0.2) is 0 Å². The Kier molecular flexibility index (Phi) is 2.93. The lowest BCUT2D eigenvalue weighted by atomic mass is 10.1. The van der Waals surface area contributed by atoms with Gasteiger partial charge in [0.25, 0.3) is 0 Å². The summed E-state index contributed by atoms with van der Waals surface area (Å²) >= 11 is 0. The molecule has 100 valence electrons. The summed E-state index contributed by atoms with van der Waals surface area (Å²) in [5.74, 6) is 0.192. The van der Waals surface area contributed by atoms with E-state index in [1.807, 2.05) is 6.07 Å². The Morgan fingerprint density at radius 2 is 2.11 bits per heavy atom. The van der Waals surface area contributed by atoms with E-state index in [-0.39, 0.29) is 11.7 Å². The Labute approximate surface area is 111 Å². The molecule has 19 heavy (non-hydrogen) atoms. The van der Waals surface area contributed by atoms with Gasteiger partial charge in [0.1, 0.15) is 22.7 Å². The molecule has 0 bridgehead atoms. The third kappa shape index (κ3) is 2.18. The minimum Gasteiger partial charge on any atom is -0.490 e. The van der Waals surface area contributed by atoms with Crippen LogP contribution in [-0.2, 0) is 0 Å². The summed E-state index contributed by atoms with van der Waals surface area (Å²) in [6.45, 7) is 1.67. The molecule has 1 fully saturated rings. The van der Waals surface area contributed by atoms with Crippen molar-refractivity contribution in [2.75, 3.05) is 0 Å². The molecule has 1 aliphatic carbocycles. The quantitative estimate of drug-likeness (QED) is 0.912. The van der Waals surface area contributed by atoms with Crippen LogP contribution < -0.4 is 4.74 Å². The molecule has 1 heterocycles. The fourth-order valence-electron chi connectivity index (χ4n) is 2.74. The monoisotopic (exact) mass is 260 g/mol. The number of hydrogen-bond donors (Lipinski definition) is 1. The molecule has 1 aromatic carbocycles. The Balaban J connectivity index is 1.98. The zero-order chi connectivity index (χ0) is 13.4. The maximum atomic E-state index is 11.3. The number of carboxylic acid groups (broad SMARTS) is 1. The van der Waals surface area contributed by atoms with Crippen molar-refractivity contribution in [1.82, 2.24) is 0 Å². The SMILES string of the molecule is Cc1oc2ccc(OC3CCCC3)cc2c1C(=O)O. The molecule has 1 aromatic heterocycles. The molecule has 0 aliphatic heterocycles. The van der Waals surface area contributed by atoms with Gasteiger partial charge in [-0.05, 0) is 50.8 Å². The molecule has 4 nitrogen and oxygen atoms in total. The van der Waals surface area contributed by atoms with Gasteiger partial charge < -0.3 is 14.3 Å². The van der Waals surface area contributed by atoms with Crippen LogP contribution in [0.5, 0.6) is 5.75 Å². The van der Waals surface area contributed by atoms with Crippen LogP contribution in [0.4, 0.5) is 0 Å². The fourth-order valence-corrected chi connectivity index (χ4v) is 2.74. The summed E-state index contributed by atoms with van der Waals surface area (Å²) in [5.41, 5.74) is 0.820. The molecule has 0 radical (unpaired) electrons. The van der Waals surface area contributed by atoms with E-state index in [0.717, 1.165) is 18.6 Å². The highest BCUT2D eigenvalue weighted by Gasteiger charge is 2.20. The number of ether oxygens (including phenoxy) is 1. The van der Waals surface area contributed by atoms with Gasteiger partial charge in [-0.25, -0.2) is 4.79 Å². The van der Waals surface area contributed by atoms with Crippen LogP contribution in [0, 0.1) is 6.92 Å². The second kappa shape index (κ2) is 4.61. The Bertz CT molecular complexity index is 620. The van der Waals surface area contributed by atoms with Crippen molar-refractivity contribution in [3.63, 3.8) is 0 Å². The molecular weight excluding hydrogens is 244 g/mol. The average molecular weight is 260 g/mol. The summed E-state index contributed by atoms with van der Waals surface area (Å²) in [7, 11) is 0. The van der Waals surface area contributed by atoms with E-state index in [1.165, 1.54) is 12.8 Å². The number of rotatable bonds is 3. The normalized spacial score (nSPS) is 16.1. The van der Waals surface area contributed by atoms with Crippen LogP contribution >= 0.6 is 0 Å². The second-order valence-corrected chi connectivity index (χ2v) is 5.02. The van der Waals surface area contributed by atoms with Gasteiger partial charge in [-0.15, -0.1) is 0 Å². The lowest BCUT2D eigenvalue weighted by Crippen LogP contribution is -2.10. The van der Waals surface area contributed by atoms with Gasteiger partial charge in [-0.2, -0.15) is 0 Å². The first-order valence-electron chi connectivity index (χ1n) is 6.58. The largest absolute Gasteiger partial charge is 0.490 e. The average Bonchev–Trinajstić information content (AvgIpc) is 2.95. The molecule has 3 rings (SSSR count). The number of aromatic carboxylic acids is 1. The van der Waals surface area contributed by atoms with Crippen LogP contribution in [0.3, 0.4) is 0 Å². The van der Waals surface area contributed by atoms with E-state index in [1.54, 1.807) is 19.1 Å². The van der Waals surface area contributed by atoms with E-state index in [2.05, 4.69) is 0 Å². The molecule has 0 saturated heterocycles. The highest BCUT2D eigenvalue weighted by atomic mass is 16.5. The molecule has 4 heteroatoms. The van der Waals surface area contributed by atoms with E-state index in [4.69, 9.17) is 9.15 Å². The first kappa shape index (κ1) is 12.1. The number of carbonyl (C=O) groups is 1. The standard InChI is InChI=1S/C15H16O4/c1-9-14(15(16)17)12-8-11(6-7-13(12)18-9)19-10-4-2-3-5-10/h6-8,10H,2-5H2,1H3,(H,16,17). The summed E-state index contributed by atoms with van der Waals surface area (Å²) in [4.78, 5) is 11.3. The summed E-state index contributed by atoms with van der Waals surface area (Å²) in [6, 6.07) is 5.39. The maximum Gasteiger partial charge on any atom is 0.339 e. The highest BCUT2D eigenvalue weighted by molar-refractivity contribution is 6.03. The zero-order valence-electron chi connectivity index (χ0n) is 10.8. The number of furan rings is 1. The van der Waals surface area contributed by atoms with Crippen molar-refractivity contribution in [3.05, 3.63) is 29.5 Å². The third-order valence-corrected chi connectivity index (χ3v) is 3.65. The Hall–Kier alpha value is -1.97. The first-order valence-corrected chi connectivity index (χ1v) is 6.58. The van der Waals surface area contributed by atoms with Crippen molar-refractivity contribution in [1.29, 1.82) is 0 Å². The van der Waals surface area contributed by atoms with Crippen molar-refractivity contribution in [3.8, 4) is 5.75 Å². The minimum atomic E-state index is -0.964. The summed E-state index contributed by atoms with van der Waals surface area (Å²) in [6.07, 6.45) is 4.83. The lowest BCUT2D eigenvalue weighted by Gasteiger charge is -2.12. The summed E-state index contributed by atoms with van der Waals surface area (Å²) in [5, 5.41) is 9.84. The highest BCUT2D eigenvalue weighted by Crippen LogP contribution is 2.31. The molecule has 0 atom stereocenters. The van der Waals surface area contributed by atoms with E-state index < -0.39 is 5.97 Å². The third-order valence-electron chi connectivity index (χ3n) is 3.65. The van der Waals surface area contributed by atoms with E-state index >= 15 is 0 Å². The van der Waals surface area contributed by atoms with Crippen LogP contribution in [-0.4, -0.2) is 17.2 Å². The Morgan fingerprint density at radius 3 is 2.79 bits per heavy atom. The van der Waals surface area contributed by atoms with Crippen molar-refractivity contribution < 1.29 is 19.1 Å². The van der Waals surface area contributed by atoms with Crippen LogP contribution in [0.15, 0.2) is 22.6 Å². The van der Waals surface area contributed by atoms with E-state index in [9.17, 15) is 9.90 Å². The van der Waals surface area contributed by atoms with Crippen LogP contribution in [0.1, 0.15) is 41.8 Å². The smallest absolute Gasteiger partial charge is 0.339 e. The number of hydrogen-bond acceptors (Lipinski definition) is 3. The van der Waals surface area contributed by atoms with Crippen LogP contribution in [0.2, 0.25) is 0 Å². The molecule has 0 unspecified atom stereocenters. The van der Waals surface area contributed by atoms with E-state index in [0.29, 0.717) is 16.7 Å². The molecule has 1 saturated carbocycles.